The zero-order valence-corrected chi connectivity index (χ0v) is 11.6. The Morgan fingerprint density at radius 1 is 1.53 bits per heavy atom. The molecule has 17 heavy (non-hydrogen) atoms. The Bertz CT molecular complexity index is 392. The predicted octanol–water partition coefficient (Wildman–Crippen LogP) is 1.71. The van der Waals surface area contributed by atoms with E-state index in [4.69, 9.17) is 9.47 Å². The molecule has 1 aromatic rings. The summed E-state index contributed by atoms with van der Waals surface area (Å²) in [5.74, 6) is -0.334. The van der Waals surface area contributed by atoms with Crippen LogP contribution in [-0.4, -0.2) is 44.9 Å². The van der Waals surface area contributed by atoms with Crippen LogP contribution in [0.1, 0.15) is 22.3 Å². The van der Waals surface area contributed by atoms with Crippen LogP contribution in [0, 0.1) is 6.92 Å². The second kappa shape index (κ2) is 5.97. The summed E-state index contributed by atoms with van der Waals surface area (Å²) in [6, 6.07) is 0.205. The first kappa shape index (κ1) is 13.9. The average molecular weight is 258 g/mol. The SMILES string of the molecule is COCC(C)N(C)c1nc(C)c(C(=O)OC)s1. The number of rotatable bonds is 5. The molecule has 0 aliphatic heterocycles. The highest BCUT2D eigenvalue weighted by atomic mass is 32.1. The van der Waals surface area contributed by atoms with Gasteiger partial charge in [0.15, 0.2) is 5.13 Å². The molecule has 0 saturated heterocycles. The number of aromatic nitrogens is 1. The number of esters is 1. The van der Waals surface area contributed by atoms with Gasteiger partial charge in [0, 0.05) is 14.2 Å². The smallest absolute Gasteiger partial charge is 0.350 e. The lowest BCUT2D eigenvalue weighted by atomic mass is 10.3. The third kappa shape index (κ3) is 3.17. The minimum Gasteiger partial charge on any atom is -0.465 e. The van der Waals surface area contributed by atoms with Crippen molar-refractivity contribution in [1.29, 1.82) is 0 Å². The maximum Gasteiger partial charge on any atom is 0.350 e. The van der Waals surface area contributed by atoms with Crippen LogP contribution in [0.5, 0.6) is 0 Å². The van der Waals surface area contributed by atoms with E-state index in [2.05, 4.69) is 4.98 Å². The van der Waals surface area contributed by atoms with Crippen molar-refractivity contribution >= 4 is 22.4 Å². The molecule has 0 aliphatic rings. The van der Waals surface area contributed by atoms with Crippen LogP contribution in [-0.2, 0) is 9.47 Å². The van der Waals surface area contributed by atoms with Crippen molar-refractivity contribution < 1.29 is 14.3 Å². The van der Waals surface area contributed by atoms with Crippen molar-refractivity contribution in [3.05, 3.63) is 10.6 Å². The lowest BCUT2D eigenvalue weighted by molar-refractivity contribution is 0.0605. The van der Waals surface area contributed by atoms with Gasteiger partial charge >= 0.3 is 5.97 Å². The number of likely N-dealkylation sites (N-methyl/N-ethyl adjacent to an activating group) is 1. The van der Waals surface area contributed by atoms with Crippen molar-refractivity contribution in [3.63, 3.8) is 0 Å². The van der Waals surface area contributed by atoms with E-state index in [1.807, 2.05) is 18.9 Å². The Morgan fingerprint density at radius 3 is 2.71 bits per heavy atom. The molecule has 0 fully saturated rings. The summed E-state index contributed by atoms with van der Waals surface area (Å²) in [4.78, 5) is 18.4. The first-order valence-electron chi connectivity index (χ1n) is 5.28. The Morgan fingerprint density at radius 2 is 2.18 bits per heavy atom. The molecule has 0 bridgehead atoms. The van der Waals surface area contributed by atoms with Gasteiger partial charge in [-0.2, -0.15) is 0 Å². The van der Waals surface area contributed by atoms with Crippen molar-refractivity contribution in [3.8, 4) is 0 Å². The van der Waals surface area contributed by atoms with Crippen molar-refractivity contribution in [2.75, 3.05) is 32.8 Å². The van der Waals surface area contributed by atoms with Crippen molar-refractivity contribution in [1.82, 2.24) is 4.98 Å². The van der Waals surface area contributed by atoms with E-state index in [0.29, 0.717) is 17.2 Å². The van der Waals surface area contributed by atoms with E-state index in [1.54, 1.807) is 14.0 Å². The van der Waals surface area contributed by atoms with Gasteiger partial charge in [-0.25, -0.2) is 9.78 Å². The summed E-state index contributed by atoms with van der Waals surface area (Å²) in [6.07, 6.45) is 0. The molecule has 0 amide bonds. The van der Waals surface area contributed by atoms with Crippen molar-refractivity contribution in [2.45, 2.75) is 19.9 Å². The number of hydrogen-bond donors (Lipinski definition) is 0. The molecule has 0 spiro atoms. The average Bonchev–Trinajstić information content (AvgIpc) is 2.69. The highest BCUT2D eigenvalue weighted by Gasteiger charge is 2.19. The van der Waals surface area contributed by atoms with Crippen LogP contribution < -0.4 is 4.90 Å². The molecule has 1 rings (SSSR count). The molecule has 0 radical (unpaired) electrons. The molecule has 1 unspecified atom stereocenters. The zero-order chi connectivity index (χ0) is 13.0. The second-order valence-corrected chi connectivity index (χ2v) is 4.80. The van der Waals surface area contributed by atoms with Crippen LogP contribution >= 0.6 is 11.3 Å². The van der Waals surface area contributed by atoms with E-state index in [0.717, 1.165) is 5.13 Å². The van der Waals surface area contributed by atoms with Gasteiger partial charge < -0.3 is 14.4 Å². The zero-order valence-electron chi connectivity index (χ0n) is 10.8. The summed E-state index contributed by atoms with van der Waals surface area (Å²) in [5, 5.41) is 0.799. The van der Waals surface area contributed by atoms with Gasteiger partial charge in [-0.05, 0) is 13.8 Å². The van der Waals surface area contributed by atoms with E-state index >= 15 is 0 Å². The van der Waals surface area contributed by atoms with E-state index in [-0.39, 0.29) is 12.0 Å². The number of nitrogens with zero attached hydrogens (tertiary/aromatic N) is 2. The van der Waals surface area contributed by atoms with Gasteiger partial charge in [0.25, 0.3) is 0 Å². The summed E-state index contributed by atoms with van der Waals surface area (Å²) >= 11 is 1.34. The topological polar surface area (TPSA) is 51.7 Å². The molecule has 0 N–H and O–H groups in total. The molecule has 1 heterocycles. The third-order valence-electron chi connectivity index (χ3n) is 2.53. The van der Waals surface area contributed by atoms with Crippen LogP contribution in [0.2, 0.25) is 0 Å². The maximum atomic E-state index is 11.5. The van der Waals surface area contributed by atoms with Gasteiger partial charge in [-0.3, -0.25) is 0 Å². The monoisotopic (exact) mass is 258 g/mol. The standard InChI is InChI=1S/C11H18N2O3S/c1-7(6-15-4)13(3)11-12-8(2)9(17-11)10(14)16-5/h7H,6H2,1-5H3. The number of thiazole rings is 1. The lowest BCUT2D eigenvalue weighted by Crippen LogP contribution is -2.32. The summed E-state index contributed by atoms with van der Waals surface area (Å²) in [5.41, 5.74) is 0.702. The van der Waals surface area contributed by atoms with Gasteiger partial charge in [-0.15, -0.1) is 0 Å². The molecule has 1 atom stereocenters. The summed E-state index contributed by atoms with van der Waals surface area (Å²) in [7, 11) is 4.97. The number of carbonyl (C=O) groups excluding carboxylic acids is 1. The van der Waals surface area contributed by atoms with Crippen LogP contribution in [0.15, 0.2) is 0 Å². The minimum absolute atomic E-state index is 0.205. The molecule has 5 nitrogen and oxygen atoms in total. The number of ether oxygens (including phenoxy) is 2. The second-order valence-electron chi connectivity index (χ2n) is 3.82. The minimum atomic E-state index is -0.334. The Hall–Kier alpha value is -1.14. The van der Waals surface area contributed by atoms with Gasteiger partial charge in [0.1, 0.15) is 4.88 Å². The quantitative estimate of drug-likeness (QED) is 0.753. The lowest BCUT2D eigenvalue weighted by Gasteiger charge is -2.23. The fourth-order valence-corrected chi connectivity index (χ4v) is 2.41. The summed E-state index contributed by atoms with van der Waals surface area (Å²) < 4.78 is 9.80. The fourth-order valence-electron chi connectivity index (χ4n) is 1.36. The Kier molecular flexibility index (Phi) is 4.89. The fraction of sp³-hybridized carbons (Fsp3) is 0.636. The maximum absolute atomic E-state index is 11.5. The molecular weight excluding hydrogens is 240 g/mol. The highest BCUT2D eigenvalue weighted by Crippen LogP contribution is 2.26. The number of methoxy groups -OCH3 is 2. The Balaban J connectivity index is 2.89. The molecule has 0 saturated carbocycles. The first-order valence-corrected chi connectivity index (χ1v) is 6.10. The van der Waals surface area contributed by atoms with Gasteiger partial charge in [0.05, 0.1) is 25.5 Å². The summed E-state index contributed by atoms with van der Waals surface area (Å²) in [6.45, 7) is 4.46. The molecular formula is C11H18N2O3S. The highest BCUT2D eigenvalue weighted by molar-refractivity contribution is 7.17. The molecule has 6 heteroatoms. The molecule has 1 aromatic heterocycles. The third-order valence-corrected chi connectivity index (χ3v) is 3.75. The number of anilines is 1. The molecule has 0 aliphatic carbocycles. The van der Waals surface area contributed by atoms with Crippen LogP contribution in [0.4, 0.5) is 5.13 Å². The van der Waals surface area contributed by atoms with Crippen molar-refractivity contribution in [2.24, 2.45) is 0 Å². The number of aryl methyl sites for hydroxylation is 1. The number of carbonyl (C=O) groups is 1. The van der Waals surface area contributed by atoms with Gasteiger partial charge in [0.2, 0.25) is 0 Å². The van der Waals surface area contributed by atoms with Gasteiger partial charge in [-0.1, -0.05) is 11.3 Å². The Labute approximate surface area is 105 Å². The predicted molar refractivity (Wildman–Crippen MR) is 67.9 cm³/mol. The van der Waals surface area contributed by atoms with Crippen LogP contribution in [0.25, 0.3) is 0 Å². The van der Waals surface area contributed by atoms with E-state index in [1.165, 1.54) is 18.4 Å². The van der Waals surface area contributed by atoms with E-state index in [9.17, 15) is 4.79 Å². The molecule has 96 valence electrons. The normalized spacial score (nSPS) is 12.3. The molecule has 0 aromatic carbocycles. The van der Waals surface area contributed by atoms with E-state index < -0.39 is 0 Å². The number of hydrogen-bond acceptors (Lipinski definition) is 6. The largest absolute Gasteiger partial charge is 0.465 e. The first-order chi connectivity index (χ1) is 8.01. The van der Waals surface area contributed by atoms with Crippen LogP contribution in [0.3, 0.4) is 0 Å².